The topological polar surface area (TPSA) is 69.3 Å². The van der Waals surface area contributed by atoms with Gasteiger partial charge in [-0.3, -0.25) is 4.90 Å². The molecule has 2 rings (SSSR count). The zero-order chi connectivity index (χ0) is 13.2. The van der Waals surface area contributed by atoms with E-state index < -0.39 is 10.0 Å². The fourth-order valence-electron chi connectivity index (χ4n) is 2.33. The molecule has 1 aliphatic rings. The molecule has 1 aromatic rings. The van der Waals surface area contributed by atoms with E-state index in [-0.39, 0.29) is 11.8 Å². The number of piperazine rings is 1. The SMILES string of the molecule is CCN1CCN(S(=O)(=O)CC)C[C@@H]1c1ncc[nH]1. The predicted molar refractivity (Wildman–Crippen MR) is 69.6 cm³/mol. The molecule has 6 nitrogen and oxygen atoms in total. The first-order valence-electron chi connectivity index (χ1n) is 6.29. The molecule has 18 heavy (non-hydrogen) atoms. The fraction of sp³-hybridized carbons (Fsp3) is 0.727. The average molecular weight is 272 g/mol. The van der Waals surface area contributed by atoms with Gasteiger partial charge < -0.3 is 4.98 Å². The van der Waals surface area contributed by atoms with Crippen LogP contribution in [-0.4, -0.2) is 59.5 Å². The summed E-state index contributed by atoms with van der Waals surface area (Å²) in [6.07, 6.45) is 3.48. The van der Waals surface area contributed by atoms with Crippen LogP contribution in [0.2, 0.25) is 0 Å². The van der Waals surface area contributed by atoms with E-state index in [0.29, 0.717) is 13.1 Å². The molecule has 1 aliphatic heterocycles. The van der Waals surface area contributed by atoms with Gasteiger partial charge in [-0.25, -0.2) is 13.4 Å². The van der Waals surface area contributed by atoms with Gasteiger partial charge in [0.05, 0.1) is 11.8 Å². The van der Waals surface area contributed by atoms with Gasteiger partial charge >= 0.3 is 0 Å². The third-order valence-electron chi connectivity index (χ3n) is 3.45. The molecular formula is C11H20N4O2S. The number of nitrogens with zero attached hydrogens (tertiary/aromatic N) is 3. The second-order valence-electron chi connectivity index (χ2n) is 4.38. The highest BCUT2D eigenvalue weighted by atomic mass is 32.2. The molecule has 0 amide bonds. The number of nitrogens with one attached hydrogen (secondary N) is 1. The lowest BCUT2D eigenvalue weighted by Crippen LogP contribution is -2.50. The first kappa shape index (κ1) is 13.5. The minimum atomic E-state index is -3.11. The second kappa shape index (κ2) is 5.38. The maximum atomic E-state index is 11.9. The van der Waals surface area contributed by atoms with Crippen LogP contribution in [0.1, 0.15) is 25.7 Å². The third kappa shape index (κ3) is 2.57. The van der Waals surface area contributed by atoms with Gasteiger partial charge in [0.25, 0.3) is 0 Å². The maximum absolute atomic E-state index is 11.9. The summed E-state index contributed by atoms with van der Waals surface area (Å²) in [5.41, 5.74) is 0. The number of hydrogen-bond donors (Lipinski definition) is 1. The minimum absolute atomic E-state index is 0.0278. The number of sulfonamides is 1. The van der Waals surface area contributed by atoms with Crippen LogP contribution in [0.5, 0.6) is 0 Å². The quantitative estimate of drug-likeness (QED) is 0.863. The van der Waals surface area contributed by atoms with Crippen LogP contribution in [0.25, 0.3) is 0 Å². The number of aromatic amines is 1. The van der Waals surface area contributed by atoms with Crippen LogP contribution >= 0.6 is 0 Å². The lowest BCUT2D eigenvalue weighted by Gasteiger charge is -2.39. The third-order valence-corrected chi connectivity index (χ3v) is 5.30. The smallest absolute Gasteiger partial charge is 0.213 e. The molecule has 0 spiro atoms. The number of H-pyrrole nitrogens is 1. The van der Waals surface area contributed by atoms with Crippen molar-refractivity contribution in [2.24, 2.45) is 0 Å². The first-order chi connectivity index (χ1) is 8.58. The van der Waals surface area contributed by atoms with Crippen molar-refractivity contribution < 1.29 is 8.42 Å². The Morgan fingerprint density at radius 2 is 2.22 bits per heavy atom. The summed E-state index contributed by atoms with van der Waals surface area (Å²) in [4.78, 5) is 9.60. The van der Waals surface area contributed by atoms with Crippen molar-refractivity contribution in [3.8, 4) is 0 Å². The first-order valence-corrected chi connectivity index (χ1v) is 7.90. The zero-order valence-electron chi connectivity index (χ0n) is 10.8. The fourth-order valence-corrected chi connectivity index (χ4v) is 3.42. The average Bonchev–Trinajstić information content (AvgIpc) is 2.91. The molecule has 0 radical (unpaired) electrons. The Kier molecular flexibility index (Phi) is 4.04. The highest BCUT2D eigenvalue weighted by molar-refractivity contribution is 7.89. The maximum Gasteiger partial charge on any atom is 0.213 e. The Morgan fingerprint density at radius 3 is 2.78 bits per heavy atom. The minimum Gasteiger partial charge on any atom is -0.347 e. The Labute approximate surface area is 108 Å². The molecule has 1 N–H and O–H groups in total. The van der Waals surface area contributed by atoms with Crippen LogP contribution in [0.15, 0.2) is 12.4 Å². The molecule has 2 heterocycles. The monoisotopic (exact) mass is 272 g/mol. The summed E-state index contributed by atoms with van der Waals surface area (Å²) in [5, 5.41) is 0. The summed E-state index contributed by atoms with van der Waals surface area (Å²) in [5.74, 6) is 0.997. The van der Waals surface area contributed by atoms with Gasteiger partial charge in [0.15, 0.2) is 0 Å². The summed E-state index contributed by atoms with van der Waals surface area (Å²) in [7, 11) is -3.11. The Morgan fingerprint density at radius 1 is 1.44 bits per heavy atom. The van der Waals surface area contributed by atoms with Gasteiger partial charge in [-0.15, -0.1) is 0 Å². The van der Waals surface area contributed by atoms with Crippen molar-refractivity contribution >= 4 is 10.0 Å². The van der Waals surface area contributed by atoms with Gasteiger partial charge in [-0.05, 0) is 13.5 Å². The number of aromatic nitrogens is 2. The molecule has 1 fully saturated rings. The van der Waals surface area contributed by atoms with Crippen LogP contribution in [0.4, 0.5) is 0 Å². The normalized spacial score (nSPS) is 23.3. The molecule has 1 aromatic heterocycles. The van der Waals surface area contributed by atoms with Crippen molar-refractivity contribution in [1.29, 1.82) is 0 Å². The van der Waals surface area contributed by atoms with E-state index in [4.69, 9.17) is 0 Å². The van der Waals surface area contributed by atoms with E-state index in [9.17, 15) is 8.42 Å². The van der Waals surface area contributed by atoms with E-state index in [1.165, 1.54) is 0 Å². The van der Waals surface area contributed by atoms with Gasteiger partial charge in [0.1, 0.15) is 5.82 Å². The van der Waals surface area contributed by atoms with E-state index in [0.717, 1.165) is 18.9 Å². The van der Waals surface area contributed by atoms with Gasteiger partial charge in [0.2, 0.25) is 10.0 Å². The molecular weight excluding hydrogens is 252 g/mol. The molecule has 0 saturated carbocycles. The molecule has 0 bridgehead atoms. The number of hydrogen-bond acceptors (Lipinski definition) is 4. The molecule has 7 heteroatoms. The van der Waals surface area contributed by atoms with Gasteiger partial charge in [0, 0.05) is 32.0 Å². The van der Waals surface area contributed by atoms with Gasteiger partial charge in [-0.1, -0.05) is 6.92 Å². The van der Waals surface area contributed by atoms with Crippen molar-refractivity contribution in [3.63, 3.8) is 0 Å². The molecule has 0 aromatic carbocycles. The van der Waals surface area contributed by atoms with Crippen molar-refractivity contribution in [2.75, 3.05) is 31.9 Å². The highest BCUT2D eigenvalue weighted by Gasteiger charge is 2.33. The number of rotatable bonds is 4. The summed E-state index contributed by atoms with van der Waals surface area (Å²) < 4.78 is 25.5. The van der Waals surface area contributed by atoms with Crippen molar-refractivity contribution in [3.05, 3.63) is 18.2 Å². The van der Waals surface area contributed by atoms with Crippen LogP contribution in [0, 0.1) is 0 Å². The number of likely N-dealkylation sites (N-methyl/N-ethyl adjacent to an activating group) is 1. The van der Waals surface area contributed by atoms with E-state index >= 15 is 0 Å². The second-order valence-corrected chi connectivity index (χ2v) is 6.63. The largest absolute Gasteiger partial charge is 0.347 e. The zero-order valence-corrected chi connectivity index (χ0v) is 11.7. The molecule has 0 aliphatic carbocycles. The predicted octanol–water partition coefficient (Wildman–Crippen LogP) is 0.438. The standard InChI is InChI=1S/C11H20N4O2S/c1-3-14-7-8-15(18(16,17)4-2)9-10(14)11-12-5-6-13-11/h5-6,10H,3-4,7-9H2,1-2H3,(H,12,13)/t10-/m1/s1. The van der Waals surface area contributed by atoms with Crippen LogP contribution in [0.3, 0.4) is 0 Å². The van der Waals surface area contributed by atoms with Crippen LogP contribution in [-0.2, 0) is 10.0 Å². The van der Waals surface area contributed by atoms with Crippen LogP contribution < -0.4 is 0 Å². The Balaban J connectivity index is 2.20. The Bertz CT molecular complexity index is 471. The van der Waals surface area contributed by atoms with E-state index in [1.54, 1.807) is 23.6 Å². The molecule has 1 saturated heterocycles. The lowest BCUT2D eigenvalue weighted by molar-refractivity contribution is 0.119. The summed E-state index contributed by atoms with van der Waals surface area (Å²) >= 11 is 0. The van der Waals surface area contributed by atoms with E-state index in [1.807, 2.05) is 0 Å². The molecule has 102 valence electrons. The Hall–Kier alpha value is -0.920. The summed E-state index contributed by atoms with van der Waals surface area (Å²) in [6, 6.07) is 0.0278. The van der Waals surface area contributed by atoms with E-state index in [2.05, 4.69) is 21.8 Å². The number of imidazole rings is 1. The summed E-state index contributed by atoms with van der Waals surface area (Å²) in [6.45, 7) is 6.47. The molecule has 0 unspecified atom stereocenters. The van der Waals surface area contributed by atoms with Gasteiger partial charge in [-0.2, -0.15) is 4.31 Å². The van der Waals surface area contributed by atoms with Crippen molar-refractivity contribution in [2.45, 2.75) is 19.9 Å². The van der Waals surface area contributed by atoms with Crippen molar-refractivity contribution in [1.82, 2.24) is 19.2 Å². The lowest BCUT2D eigenvalue weighted by atomic mass is 10.2. The molecule has 1 atom stereocenters. The highest BCUT2D eigenvalue weighted by Crippen LogP contribution is 2.24.